The van der Waals surface area contributed by atoms with Crippen LogP contribution in [0.1, 0.15) is 66.2 Å². The third-order valence-corrected chi connectivity index (χ3v) is 5.94. The number of nitrogens with zero attached hydrogens (tertiary/aromatic N) is 1. The summed E-state index contributed by atoms with van der Waals surface area (Å²) in [6, 6.07) is 0.730. The first-order valence-electron chi connectivity index (χ1n) is 8.97. The average molecular weight is 280 g/mol. The molecule has 20 heavy (non-hydrogen) atoms. The summed E-state index contributed by atoms with van der Waals surface area (Å²) in [7, 11) is 0. The van der Waals surface area contributed by atoms with E-state index in [-0.39, 0.29) is 0 Å². The van der Waals surface area contributed by atoms with Crippen molar-refractivity contribution >= 4 is 0 Å². The van der Waals surface area contributed by atoms with Gasteiger partial charge in [-0.1, -0.05) is 33.6 Å². The third kappa shape index (κ3) is 4.21. The van der Waals surface area contributed by atoms with Gasteiger partial charge in [-0.2, -0.15) is 0 Å². The summed E-state index contributed by atoms with van der Waals surface area (Å²) >= 11 is 0. The van der Waals surface area contributed by atoms with E-state index in [1.165, 1.54) is 58.2 Å². The topological polar surface area (TPSA) is 15.3 Å². The van der Waals surface area contributed by atoms with Gasteiger partial charge in [0.15, 0.2) is 0 Å². The molecule has 1 heterocycles. The first-order valence-corrected chi connectivity index (χ1v) is 8.97. The van der Waals surface area contributed by atoms with Crippen molar-refractivity contribution in [3.05, 3.63) is 0 Å². The number of nitrogens with one attached hydrogen (secondary N) is 1. The predicted octanol–water partition coefficient (Wildman–Crippen LogP) is 3.91. The van der Waals surface area contributed by atoms with E-state index in [0.29, 0.717) is 0 Å². The highest BCUT2D eigenvalue weighted by atomic mass is 15.2. The van der Waals surface area contributed by atoms with Crippen molar-refractivity contribution in [1.29, 1.82) is 0 Å². The molecule has 118 valence electrons. The van der Waals surface area contributed by atoms with Gasteiger partial charge in [0, 0.05) is 6.04 Å². The Kier molecular flexibility index (Phi) is 5.92. The van der Waals surface area contributed by atoms with Gasteiger partial charge in [-0.3, -0.25) is 0 Å². The quantitative estimate of drug-likeness (QED) is 0.793. The number of hydrogen-bond donors (Lipinski definition) is 1. The van der Waals surface area contributed by atoms with Crippen LogP contribution in [0.2, 0.25) is 0 Å². The minimum Gasteiger partial charge on any atom is -0.316 e. The summed E-state index contributed by atoms with van der Waals surface area (Å²) < 4.78 is 0. The zero-order valence-electron chi connectivity index (χ0n) is 14.3. The number of hydrogen-bond acceptors (Lipinski definition) is 2. The van der Waals surface area contributed by atoms with Crippen molar-refractivity contribution < 1.29 is 0 Å². The van der Waals surface area contributed by atoms with Gasteiger partial charge in [-0.15, -0.1) is 0 Å². The molecule has 1 aliphatic heterocycles. The molecule has 1 saturated carbocycles. The molecule has 2 rings (SSSR count). The van der Waals surface area contributed by atoms with E-state index >= 15 is 0 Å². The standard InChI is InChI=1S/C18H36N2/c1-15(2)13-19-14-16(3)17(4)20-11-9-18(10-12-20)7-5-6-8-18/h15-17,19H,5-14H2,1-4H3. The van der Waals surface area contributed by atoms with Crippen LogP contribution in [-0.2, 0) is 0 Å². The summed E-state index contributed by atoms with van der Waals surface area (Å²) in [4.78, 5) is 2.76. The van der Waals surface area contributed by atoms with Crippen LogP contribution in [0.15, 0.2) is 0 Å². The first-order chi connectivity index (χ1) is 9.52. The molecule has 2 aliphatic rings. The lowest BCUT2D eigenvalue weighted by molar-refractivity contribution is 0.0626. The van der Waals surface area contributed by atoms with Crippen LogP contribution >= 0.6 is 0 Å². The average Bonchev–Trinajstić information content (AvgIpc) is 2.86. The molecule has 1 saturated heterocycles. The maximum atomic E-state index is 3.63. The van der Waals surface area contributed by atoms with E-state index in [1.807, 2.05) is 0 Å². The van der Waals surface area contributed by atoms with Gasteiger partial charge in [-0.25, -0.2) is 0 Å². The Labute approximate surface area is 126 Å². The molecule has 2 fully saturated rings. The van der Waals surface area contributed by atoms with Crippen molar-refractivity contribution in [3.8, 4) is 0 Å². The van der Waals surface area contributed by atoms with Gasteiger partial charge in [0.2, 0.25) is 0 Å². The Balaban J connectivity index is 1.71. The summed E-state index contributed by atoms with van der Waals surface area (Å²) in [6.07, 6.45) is 8.94. The second kappa shape index (κ2) is 7.26. The zero-order chi connectivity index (χ0) is 14.6. The van der Waals surface area contributed by atoms with Gasteiger partial charge < -0.3 is 10.2 Å². The fourth-order valence-corrected chi connectivity index (χ4v) is 4.16. The van der Waals surface area contributed by atoms with Crippen LogP contribution in [0.4, 0.5) is 0 Å². The van der Waals surface area contributed by atoms with Crippen LogP contribution in [-0.4, -0.2) is 37.1 Å². The molecule has 2 heteroatoms. The van der Waals surface area contributed by atoms with Crippen LogP contribution in [0.25, 0.3) is 0 Å². The molecule has 1 spiro atoms. The first kappa shape index (κ1) is 16.3. The highest BCUT2D eigenvalue weighted by Gasteiger charge is 2.38. The second-order valence-corrected chi connectivity index (χ2v) is 8.01. The Hall–Kier alpha value is -0.0800. The molecule has 2 nitrogen and oxygen atoms in total. The van der Waals surface area contributed by atoms with Crippen LogP contribution in [0, 0.1) is 17.3 Å². The van der Waals surface area contributed by atoms with E-state index in [1.54, 1.807) is 0 Å². The van der Waals surface area contributed by atoms with E-state index in [9.17, 15) is 0 Å². The molecule has 0 amide bonds. The summed E-state index contributed by atoms with van der Waals surface area (Å²) in [5.41, 5.74) is 0.759. The monoisotopic (exact) mass is 280 g/mol. The number of piperidine rings is 1. The lowest BCUT2D eigenvalue weighted by Crippen LogP contribution is -2.47. The van der Waals surface area contributed by atoms with Gasteiger partial charge in [0.1, 0.15) is 0 Å². The van der Waals surface area contributed by atoms with Crippen molar-refractivity contribution in [1.82, 2.24) is 10.2 Å². The Morgan fingerprint density at radius 2 is 1.50 bits per heavy atom. The highest BCUT2D eigenvalue weighted by molar-refractivity contribution is 4.91. The minimum absolute atomic E-state index is 0.730. The minimum atomic E-state index is 0.730. The fraction of sp³-hybridized carbons (Fsp3) is 1.00. The molecule has 0 aromatic carbocycles. The normalized spacial score (nSPS) is 26.2. The molecule has 0 aromatic rings. The molecule has 0 bridgehead atoms. The number of likely N-dealkylation sites (tertiary alicyclic amines) is 1. The maximum Gasteiger partial charge on any atom is 0.0105 e. The third-order valence-electron chi connectivity index (χ3n) is 5.94. The van der Waals surface area contributed by atoms with E-state index in [2.05, 4.69) is 37.9 Å². The lowest BCUT2D eigenvalue weighted by atomic mass is 9.76. The van der Waals surface area contributed by atoms with Crippen molar-refractivity contribution in [2.75, 3.05) is 26.2 Å². The molecule has 1 aliphatic carbocycles. The van der Waals surface area contributed by atoms with Crippen molar-refractivity contribution in [2.24, 2.45) is 17.3 Å². The van der Waals surface area contributed by atoms with Crippen LogP contribution in [0.5, 0.6) is 0 Å². The Morgan fingerprint density at radius 3 is 2.05 bits per heavy atom. The Morgan fingerprint density at radius 1 is 0.900 bits per heavy atom. The fourth-order valence-electron chi connectivity index (χ4n) is 4.16. The highest BCUT2D eigenvalue weighted by Crippen LogP contribution is 2.46. The van der Waals surface area contributed by atoms with Crippen molar-refractivity contribution in [3.63, 3.8) is 0 Å². The smallest absolute Gasteiger partial charge is 0.0105 e. The summed E-state index contributed by atoms with van der Waals surface area (Å²) in [5.74, 6) is 1.51. The summed E-state index contributed by atoms with van der Waals surface area (Å²) in [6.45, 7) is 14.4. The molecule has 2 atom stereocenters. The Bertz CT molecular complexity index is 271. The van der Waals surface area contributed by atoms with E-state index in [4.69, 9.17) is 0 Å². The number of rotatable bonds is 6. The SMILES string of the molecule is CC(C)CNCC(C)C(C)N1CCC2(CCCC2)CC1. The second-order valence-electron chi connectivity index (χ2n) is 8.01. The zero-order valence-corrected chi connectivity index (χ0v) is 14.3. The molecule has 0 aromatic heterocycles. The predicted molar refractivity (Wildman–Crippen MR) is 88.0 cm³/mol. The lowest BCUT2D eigenvalue weighted by Gasteiger charge is -2.43. The van der Waals surface area contributed by atoms with Gasteiger partial charge >= 0.3 is 0 Å². The maximum absolute atomic E-state index is 3.63. The van der Waals surface area contributed by atoms with Crippen molar-refractivity contribution in [2.45, 2.75) is 72.3 Å². The molecule has 0 radical (unpaired) electrons. The van der Waals surface area contributed by atoms with Crippen LogP contribution < -0.4 is 5.32 Å². The molecule has 1 N–H and O–H groups in total. The summed E-state index contributed by atoms with van der Waals surface area (Å²) in [5, 5.41) is 3.63. The van der Waals surface area contributed by atoms with E-state index in [0.717, 1.165) is 29.8 Å². The largest absolute Gasteiger partial charge is 0.316 e. The van der Waals surface area contributed by atoms with Gasteiger partial charge in [-0.05, 0) is 76.0 Å². The molecular formula is C18H36N2. The van der Waals surface area contributed by atoms with E-state index < -0.39 is 0 Å². The van der Waals surface area contributed by atoms with Crippen LogP contribution in [0.3, 0.4) is 0 Å². The van der Waals surface area contributed by atoms with Gasteiger partial charge in [0.25, 0.3) is 0 Å². The molecular weight excluding hydrogens is 244 g/mol. The van der Waals surface area contributed by atoms with Gasteiger partial charge in [0.05, 0.1) is 0 Å². The molecule has 2 unspecified atom stereocenters.